The van der Waals surface area contributed by atoms with Crippen molar-refractivity contribution in [1.29, 1.82) is 0 Å². The van der Waals surface area contributed by atoms with Gasteiger partial charge in [0.05, 0.1) is 6.54 Å². The number of aryl methyl sites for hydroxylation is 1. The van der Waals surface area contributed by atoms with Crippen LogP contribution in [0.5, 0.6) is 0 Å². The fourth-order valence-electron chi connectivity index (χ4n) is 4.13. The Kier molecular flexibility index (Phi) is 6.09. The molecule has 0 bridgehead atoms. The lowest BCUT2D eigenvalue weighted by Crippen LogP contribution is -2.46. The number of hydrogen-bond donors (Lipinski definition) is 0. The highest BCUT2D eigenvalue weighted by Crippen LogP contribution is 2.33. The Morgan fingerprint density at radius 3 is 2.28 bits per heavy atom. The van der Waals surface area contributed by atoms with Gasteiger partial charge < -0.3 is 13.8 Å². The standard InChI is InChI=1S/C25H27N5O2/c1-19-23(24(28-32-19)21-10-6-3-7-11-21)25-27-26-22(31-25)18-30-16-14-29(15-17-30)13-12-20-8-4-2-5-9-20/h2-11H,12-18H2,1H3. The largest absolute Gasteiger partial charge is 0.419 e. The molecule has 0 unspecified atom stereocenters. The summed E-state index contributed by atoms with van der Waals surface area (Å²) in [6.45, 7) is 7.71. The van der Waals surface area contributed by atoms with Crippen molar-refractivity contribution in [2.45, 2.75) is 19.9 Å². The van der Waals surface area contributed by atoms with Crippen LogP contribution >= 0.6 is 0 Å². The molecular weight excluding hydrogens is 402 g/mol. The summed E-state index contributed by atoms with van der Waals surface area (Å²) in [5.41, 5.74) is 3.85. The number of benzene rings is 2. The monoisotopic (exact) mass is 429 g/mol. The molecule has 0 spiro atoms. The molecule has 1 aliphatic heterocycles. The van der Waals surface area contributed by atoms with Crippen molar-refractivity contribution in [3.8, 4) is 22.7 Å². The number of rotatable bonds is 7. The zero-order chi connectivity index (χ0) is 21.8. The molecule has 2 aromatic heterocycles. The SMILES string of the molecule is Cc1onc(-c2ccccc2)c1-c1nnc(CN2CCN(CCc3ccccc3)CC2)o1. The Balaban J connectivity index is 1.19. The van der Waals surface area contributed by atoms with Crippen molar-refractivity contribution in [2.24, 2.45) is 0 Å². The molecular formula is C25H27N5O2. The van der Waals surface area contributed by atoms with Crippen LogP contribution < -0.4 is 0 Å². The van der Waals surface area contributed by atoms with Gasteiger partial charge in [-0.1, -0.05) is 65.8 Å². The van der Waals surface area contributed by atoms with E-state index in [4.69, 9.17) is 8.94 Å². The molecule has 4 aromatic rings. The molecule has 7 nitrogen and oxygen atoms in total. The minimum atomic E-state index is 0.458. The first-order valence-corrected chi connectivity index (χ1v) is 11.1. The molecule has 7 heteroatoms. The molecule has 32 heavy (non-hydrogen) atoms. The quantitative estimate of drug-likeness (QED) is 0.439. The average molecular weight is 430 g/mol. The van der Waals surface area contributed by atoms with E-state index >= 15 is 0 Å². The Bertz CT molecular complexity index is 1130. The highest BCUT2D eigenvalue weighted by molar-refractivity contribution is 5.77. The van der Waals surface area contributed by atoms with E-state index < -0.39 is 0 Å². The van der Waals surface area contributed by atoms with Crippen molar-refractivity contribution in [2.75, 3.05) is 32.7 Å². The van der Waals surface area contributed by atoms with Crippen molar-refractivity contribution >= 4 is 0 Å². The molecule has 1 fully saturated rings. The van der Waals surface area contributed by atoms with Crippen LogP contribution in [0, 0.1) is 6.92 Å². The van der Waals surface area contributed by atoms with Crippen LogP contribution in [0.25, 0.3) is 22.7 Å². The van der Waals surface area contributed by atoms with Gasteiger partial charge in [0.25, 0.3) is 5.89 Å². The van der Waals surface area contributed by atoms with Crippen LogP contribution in [0.4, 0.5) is 0 Å². The van der Waals surface area contributed by atoms with Gasteiger partial charge in [-0.05, 0) is 18.9 Å². The maximum Gasteiger partial charge on any atom is 0.253 e. The smallest absolute Gasteiger partial charge is 0.253 e. The van der Waals surface area contributed by atoms with E-state index in [1.165, 1.54) is 5.56 Å². The first-order valence-electron chi connectivity index (χ1n) is 11.1. The van der Waals surface area contributed by atoms with Crippen molar-refractivity contribution in [3.05, 3.63) is 77.9 Å². The molecule has 1 aliphatic rings. The van der Waals surface area contributed by atoms with Gasteiger partial charge in [0.15, 0.2) is 0 Å². The van der Waals surface area contributed by atoms with Gasteiger partial charge in [-0.25, -0.2) is 0 Å². The van der Waals surface area contributed by atoms with Gasteiger partial charge in [-0.3, -0.25) is 4.90 Å². The summed E-state index contributed by atoms with van der Waals surface area (Å²) < 4.78 is 11.5. The van der Waals surface area contributed by atoms with Crippen molar-refractivity contribution < 1.29 is 8.94 Å². The van der Waals surface area contributed by atoms with Gasteiger partial charge in [0.1, 0.15) is 17.0 Å². The van der Waals surface area contributed by atoms with Crippen LogP contribution in [0.2, 0.25) is 0 Å². The third kappa shape index (κ3) is 4.64. The van der Waals surface area contributed by atoms with Gasteiger partial charge in [0, 0.05) is 38.3 Å². The van der Waals surface area contributed by atoms with Gasteiger partial charge in [-0.15, -0.1) is 10.2 Å². The molecule has 164 valence electrons. The number of piperazine rings is 1. The van der Waals surface area contributed by atoms with Crippen molar-refractivity contribution in [3.63, 3.8) is 0 Å². The summed E-state index contributed by atoms with van der Waals surface area (Å²) in [6, 6.07) is 20.6. The van der Waals surface area contributed by atoms with Gasteiger partial charge >= 0.3 is 0 Å². The van der Waals surface area contributed by atoms with E-state index in [0.717, 1.165) is 56.0 Å². The molecule has 0 aliphatic carbocycles. The van der Waals surface area contributed by atoms with E-state index in [0.29, 0.717) is 24.1 Å². The van der Waals surface area contributed by atoms with Crippen LogP contribution in [0.3, 0.4) is 0 Å². The second-order valence-corrected chi connectivity index (χ2v) is 8.18. The third-order valence-corrected chi connectivity index (χ3v) is 5.97. The van der Waals surface area contributed by atoms with Gasteiger partial charge in [-0.2, -0.15) is 0 Å². The number of aromatic nitrogens is 3. The summed E-state index contributed by atoms with van der Waals surface area (Å²) in [4.78, 5) is 4.89. The summed E-state index contributed by atoms with van der Waals surface area (Å²) in [7, 11) is 0. The Labute approximate surface area is 187 Å². The van der Waals surface area contributed by atoms with Gasteiger partial charge in [0.2, 0.25) is 5.89 Å². The van der Waals surface area contributed by atoms with E-state index in [1.807, 2.05) is 37.3 Å². The minimum absolute atomic E-state index is 0.458. The van der Waals surface area contributed by atoms with Crippen LogP contribution in [0.1, 0.15) is 17.2 Å². The lowest BCUT2D eigenvalue weighted by molar-refractivity contribution is 0.120. The fraction of sp³-hybridized carbons (Fsp3) is 0.320. The molecule has 0 N–H and O–H groups in total. The minimum Gasteiger partial charge on any atom is -0.419 e. The molecule has 0 saturated carbocycles. The Morgan fingerprint density at radius 1 is 0.844 bits per heavy atom. The number of hydrogen-bond acceptors (Lipinski definition) is 7. The predicted molar refractivity (Wildman–Crippen MR) is 122 cm³/mol. The molecule has 0 atom stereocenters. The molecule has 5 rings (SSSR count). The summed E-state index contributed by atoms with van der Waals surface area (Å²) in [5, 5.41) is 12.8. The fourth-order valence-corrected chi connectivity index (χ4v) is 4.13. The maximum atomic E-state index is 6.03. The first kappa shape index (κ1) is 20.6. The van der Waals surface area contributed by atoms with E-state index in [9.17, 15) is 0 Å². The molecule has 2 aromatic carbocycles. The Hall–Kier alpha value is -3.29. The molecule has 1 saturated heterocycles. The normalized spacial score (nSPS) is 15.3. The third-order valence-electron chi connectivity index (χ3n) is 5.97. The van der Waals surface area contributed by atoms with E-state index in [-0.39, 0.29) is 0 Å². The molecule has 3 heterocycles. The Morgan fingerprint density at radius 2 is 1.53 bits per heavy atom. The van der Waals surface area contributed by atoms with Crippen LogP contribution in [-0.4, -0.2) is 57.9 Å². The predicted octanol–water partition coefficient (Wildman–Crippen LogP) is 4.06. The second kappa shape index (κ2) is 9.46. The summed E-state index contributed by atoms with van der Waals surface area (Å²) in [5.74, 6) is 1.75. The number of nitrogens with zero attached hydrogens (tertiary/aromatic N) is 5. The zero-order valence-corrected chi connectivity index (χ0v) is 18.3. The molecule has 0 amide bonds. The van der Waals surface area contributed by atoms with Crippen LogP contribution in [0.15, 0.2) is 69.6 Å². The highest BCUT2D eigenvalue weighted by Gasteiger charge is 2.23. The molecule has 0 radical (unpaired) electrons. The highest BCUT2D eigenvalue weighted by atomic mass is 16.5. The zero-order valence-electron chi connectivity index (χ0n) is 18.3. The van der Waals surface area contributed by atoms with E-state index in [1.54, 1.807) is 0 Å². The maximum absolute atomic E-state index is 6.03. The van der Waals surface area contributed by atoms with E-state index in [2.05, 4.69) is 55.5 Å². The topological polar surface area (TPSA) is 71.4 Å². The van der Waals surface area contributed by atoms with Crippen LogP contribution in [-0.2, 0) is 13.0 Å². The van der Waals surface area contributed by atoms with Crippen molar-refractivity contribution in [1.82, 2.24) is 25.2 Å². The lowest BCUT2D eigenvalue weighted by atomic mass is 10.1. The second-order valence-electron chi connectivity index (χ2n) is 8.18. The summed E-state index contributed by atoms with van der Waals surface area (Å²) in [6.07, 6.45) is 1.09. The first-order chi connectivity index (χ1) is 15.8. The summed E-state index contributed by atoms with van der Waals surface area (Å²) >= 11 is 0. The average Bonchev–Trinajstić information content (AvgIpc) is 3.46. The lowest BCUT2D eigenvalue weighted by Gasteiger charge is -2.33.